The van der Waals surface area contributed by atoms with Gasteiger partial charge in [0.25, 0.3) is 0 Å². The van der Waals surface area contributed by atoms with Crippen LogP contribution in [-0.4, -0.2) is 60.5 Å². The second kappa shape index (κ2) is 7.84. The van der Waals surface area contributed by atoms with E-state index < -0.39 is 0 Å². The zero-order valence-corrected chi connectivity index (χ0v) is 14.1. The van der Waals surface area contributed by atoms with Crippen molar-refractivity contribution < 1.29 is 9.84 Å². The summed E-state index contributed by atoms with van der Waals surface area (Å²) in [6, 6.07) is 0.571. The molecule has 22 heavy (non-hydrogen) atoms. The van der Waals surface area contributed by atoms with Crippen molar-refractivity contribution in [2.24, 2.45) is 0 Å². The predicted octanol–water partition coefficient (Wildman–Crippen LogP) is 1.58. The van der Waals surface area contributed by atoms with E-state index in [-0.39, 0.29) is 6.10 Å². The van der Waals surface area contributed by atoms with Gasteiger partial charge in [-0.2, -0.15) is 0 Å². The average molecular weight is 325 g/mol. The van der Waals surface area contributed by atoms with Crippen molar-refractivity contribution in [3.63, 3.8) is 0 Å². The number of nitrogens with zero attached hydrogens (tertiary/aromatic N) is 2. The Labute approximate surface area is 136 Å². The highest BCUT2D eigenvalue weighted by Gasteiger charge is 2.26. The van der Waals surface area contributed by atoms with Crippen molar-refractivity contribution in [2.45, 2.75) is 50.3 Å². The maximum absolute atomic E-state index is 9.78. The van der Waals surface area contributed by atoms with Crippen molar-refractivity contribution >= 4 is 11.3 Å². The third-order valence-electron chi connectivity index (χ3n) is 4.48. The molecule has 0 bridgehead atoms. The summed E-state index contributed by atoms with van der Waals surface area (Å²) in [4.78, 5) is 7.06. The van der Waals surface area contributed by atoms with Crippen LogP contribution in [0.5, 0.6) is 0 Å². The molecule has 0 aromatic carbocycles. The van der Waals surface area contributed by atoms with Crippen LogP contribution in [0.2, 0.25) is 0 Å². The van der Waals surface area contributed by atoms with Crippen molar-refractivity contribution in [1.29, 1.82) is 0 Å². The number of hydrogen-bond donors (Lipinski definition) is 2. The van der Waals surface area contributed by atoms with Crippen LogP contribution in [0.3, 0.4) is 0 Å². The van der Waals surface area contributed by atoms with Crippen LogP contribution in [-0.2, 0) is 11.3 Å². The van der Waals surface area contributed by atoms with Crippen LogP contribution in [0, 0.1) is 0 Å². The van der Waals surface area contributed by atoms with Gasteiger partial charge in [0.15, 0.2) is 0 Å². The second-order valence-electron chi connectivity index (χ2n) is 6.52. The molecule has 1 saturated heterocycles. The quantitative estimate of drug-likeness (QED) is 0.760. The van der Waals surface area contributed by atoms with E-state index in [9.17, 15) is 5.11 Å². The number of methoxy groups -OCH3 is 1. The summed E-state index contributed by atoms with van der Waals surface area (Å²) in [5, 5.41) is 17.0. The van der Waals surface area contributed by atoms with Gasteiger partial charge in [0.2, 0.25) is 0 Å². The first kappa shape index (κ1) is 16.3. The molecule has 1 unspecified atom stereocenters. The van der Waals surface area contributed by atoms with Crippen molar-refractivity contribution in [1.82, 2.24) is 15.2 Å². The lowest BCUT2D eigenvalue weighted by Gasteiger charge is -2.33. The lowest BCUT2D eigenvalue weighted by molar-refractivity contribution is 0.0310. The molecular formula is C16H27N3O2S. The molecule has 0 spiro atoms. The Morgan fingerprint density at radius 3 is 2.86 bits per heavy atom. The summed E-state index contributed by atoms with van der Waals surface area (Å²) in [6.07, 6.45) is 4.56. The summed E-state index contributed by atoms with van der Waals surface area (Å²) < 4.78 is 4.98. The molecule has 1 aliphatic heterocycles. The van der Waals surface area contributed by atoms with E-state index in [0.717, 1.165) is 44.9 Å². The number of nitrogens with one attached hydrogen (secondary N) is 1. The molecule has 2 N–H and O–H groups in total. The summed E-state index contributed by atoms with van der Waals surface area (Å²) in [6.45, 7) is 4.12. The molecule has 1 aromatic heterocycles. The van der Waals surface area contributed by atoms with Gasteiger partial charge in [-0.1, -0.05) is 0 Å². The first-order chi connectivity index (χ1) is 10.7. The van der Waals surface area contributed by atoms with Crippen LogP contribution < -0.4 is 5.32 Å². The smallest absolute Gasteiger partial charge is 0.0959 e. The van der Waals surface area contributed by atoms with Gasteiger partial charge in [0, 0.05) is 37.5 Å². The highest BCUT2D eigenvalue weighted by molar-refractivity contribution is 7.09. The van der Waals surface area contributed by atoms with E-state index in [0.29, 0.717) is 12.6 Å². The fourth-order valence-electron chi connectivity index (χ4n) is 3.03. The van der Waals surface area contributed by atoms with Gasteiger partial charge in [-0.3, -0.25) is 0 Å². The molecule has 2 fully saturated rings. The van der Waals surface area contributed by atoms with Crippen LogP contribution in [0.4, 0.5) is 0 Å². The molecule has 1 atom stereocenters. The number of hydrogen-bond acceptors (Lipinski definition) is 6. The SMILES string of the molecule is COCC(O)CN1CCC(NCc2csc(C3CC3)n2)CC1. The lowest BCUT2D eigenvalue weighted by Crippen LogP contribution is -2.45. The molecule has 6 heteroatoms. The van der Waals surface area contributed by atoms with Crippen LogP contribution in [0.1, 0.15) is 42.3 Å². The van der Waals surface area contributed by atoms with Gasteiger partial charge in [-0.15, -0.1) is 11.3 Å². The van der Waals surface area contributed by atoms with E-state index in [4.69, 9.17) is 9.72 Å². The molecule has 124 valence electrons. The molecule has 1 aromatic rings. The van der Waals surface area contributed by atoms with E-state index in [2.05, 4.69) is 15.6 Å². The molecule has 0 radical (unpaired) electrons. The Morgan fingerprint density at radius 1 is 1.41 bits per heavy atom. The van der Waals surface area contributed by atoms with Crippen LogP contribution in [0.15, 0.2) is 5.38 Å². The lowest BCUT2D eigenvalue weighted by atomic mass is 10.0. The number of aromatic nitrogens is 1. The highest BCUT2D eigenvalue weighted by Crippen LogP contribution is 2.41. The molecule has 2 heterocycles. The Kier molecular flexibility index (Phi) is 5.82. The minimum atomic E-state index is -0.370. The number of aliphatic hydroxyl groups excluding tert-OH is 1. The first-order valence-electron chi connectivity index (χ1n) is 8.31. The third-order valence-corrected chi connectivity index (χ3v) is 5.54. The summed E-state index contributed by atoms with van der Waals surface area (Å²) in [5.41, 5.74) is 1.20. The van der Waals surface area contributed by atoms with Gasteiger partial charge in [0.1, 0.15) is 0 Å². The Morgan fingerprint density at radius 2 is 2.18 bits per heavy atom. The van der Waals surface area contributed by atoms with Gasteiger partial charge >= 0.3 is 0 Å². The van der Waals surface area contributed by atoms with E-state index in [1.54, 1.807) is 7.11 Å². The normalized spacial score (nSPS) is 22.1. The van der Waals surface area contributed by atoms with E-state index in [1.807, 2.05) is 11.3 Å². The monoisotopic (exact) mass is 325 g/mol. The number of rotatable bonds is 8. The average Bonchev–Trinajstić information content (AvgIpc) is 3.26. The Hall–Kier alpha value is -0.530. The van der Waals surface area contributed by atoms with Gasteiger partial charge < -0.3 is 20.1 Å². The molecular weight excluding hydrogens is 298 g/mol. The topological polar surface area (TPSA) is 57.6 Å². The minimum absolute atomic E-state index is 0.370. The Bertz CT molecular complexity index is 456. The van der Waals surface area contributed by atoms with Crippen molar-refractivity contribution in [3.8, 4) is 0 Å². The van der Waals surface area contributed by atoms with E-state index >= 15 is 0 Å². The van der Waals surface area contributed by atoms with E-state index in [1.165, 1.54) is 23.5 Å². The molecule has 2 aliphatic rings. The van der Waals surface area contributed by atoms with Crippen LogP contribution in [0.25, 0.3) is 0 Å². The number of aliphatic hydroxyl groups is 1. The molecule has 1 aliphatic carbocycles. The maximum atomic E-state index is 9.78. The number of piperidine rings is 1. The summed E-state index contributed by atoms with van der Waals surface area (Å²) in [7, 11) is 1.63. The fraction of sp³-hybridized carbons (Fsp3) is 0.812. The number of likely N-dealkylation sites (tertiary alicyclic amines) is 1. The third kappa shape index (κ3) is 4.73. The zero-order chi connectivity index (χ0) is 15.4. The standard InChI is InChI=1S/C16H27N3O2S/c1-21-10-15(20)9-19-6-4-13(5-7-19)17-8-14-11-22-16(18-14)12-2-3-12/h11-13,15,17,20H,2-10H2,1H3. The van der Waals surface area contributed by atoms with Gasteiger partial charge in [-0.25, -0.2) is 4.98 Å². The van der Waals surface area contributed by atoms with Gasteiger partial charge in [0.05, 0.1) is 23.4 Å². The second-order valence-corrected chi connectivity index (χ2v) is 7.41. The summed E-state index contributed by atoms with van der Waals surface area (Å²) >= 11 is 1.82. The van der Waals surface area contributed by atoms with Crippen molar-refractivity contribution in [2.75, 3.05) is 33.4 Å². The molecule has 5 nitrogen and oxygen atoms in total. The molecule has 0 amide bonds. The summed E-state index contributed by atoms with van der Waals surface area (Å²) in [5.74, 6) is 0.764. The number of β-amino-alcohol motifs (C(OH)–C–C–N with tert-alkyl or cyclic N) is 1. The minimum Gasteiger partial charge on any atom is -0.389 e. The maximum Gasteiger partial charge on any atom is 0.0959 e. The van der Waals surface area contributed by atoms with Gasteiger partial charge in [-0.05, 0) is 38.8 Å². The first-order valence-corrected chi connectivity index (χ1v) is 9.19. The zero-order valence-electron chi connectivity index (χ0n) is 13.3. The highest BCUT2D eigenvalue weighted by atomic mass is 32.1. The van der Waals surface area contributed by atoms with Crippen LogP contribution >= 0.6 is 11.3 Å². The van der Waals surface area contributed by atoms with Crippen molar-refractivity contribution in [3.05, 3.63) is 16.1 Å². The Balaban J connectivity index is 1.34. The molecule has 3 rings (SSSR count). The number of ether oxygens (including phenoxy) is 1. The molecule has 1 saturated carbocycles. The largest absolute Gasteiger partial charge is 0.389 e. The fourth-order valence-corrected chi connectivity index (χ4v) is 4.02. The predicted molar refractivity (Wildman–Crippen MR) is 88.3 cm³/mol. The number of thiazole rings is 1.